The van der Waals surface area contributed by atoms with Gasteiger partial charge in [0.05, 0.1) is 30.4 Å². The fourth-order valence-electron chi connectivity index (χ4n) is 3.66. The van der Waals surface area contributed by atoms with Gasteiger partial charge in [-0.05, 0) is 60.2 Å². The fraction of sp³-hybridized carbons (Fsp3) is 0.296. The SMILES string of the molecule is COc1ccc(S(=O)(=O)N(CC(=O)NCCCSCc2cccc(Cl)c2)c2cccc(C(F)(F)F)c2)cc1OC. The van der Waals surface area contributed by atoms with Crippen LogP contribution in [0, 0.1) is 0 Å². The highest BCUT2D eigenvalue weighted by Crippen LogP contribution is 2.35. The van der Waals surface area contributed by atoms with Gasteiger partial charge >= 0.3 is 6.18 Å². The summed E-state index contributed by atoms with van der Waals surface area (Å²) < 4.78 is 78.4. The Morgan fingerprint density at radius 3 is 2.40 bits per heavy atom. The lowest BCUT2D eigenvalue weighted by Crippen LogP contribution is -2.41. The molecule has 13 heteroatoms. The largest absolute Gasteiger partial charge is 0.493 e. The van der Waals surface area contributed by atoms with E-state index in [1.54, 1.807) is 17.8 Å². The minimum absolute atomic E-state index is 0.104. The van der Waals surface area contributed by atoms with Gasteiger partial charge in [0.15, 0.2) is 11.5 Å². The van der Waals surface area contributed by atoms with Crippen molar-refractivity contribution < 1.29 is 35.9 Å². The molecule has 216 valence electrons. The predicted molar refractivity (Wildman–Crippen MR) is 151 cm³/mol. The van der Waals surface area contributed by atoms with Crippen LogP contribution in [0.4, 0.5) is 18.9 Å². The first-order valence-electron chi connectivity index (χ1n) is 12.0. The number of ether oxygens (including phenoxy) is 2. The fourth-order valence-corrected chi connectivity index (χ4v) is 6.21. The van der Waals surface area contributed by atoms with Crippen LogP contribution in [0.15, 0.2) is 71.6 Å². The molecule has 7 nitrogen and oxygen atoms in total. The first-order valence-corrected chi connectivity index (χ1v) is 14.9. The monoisotopic (exact) mass is 616 g/mol. The number of methoxy groups -OCH3 is 2. The highest BCUT2D eigenvalue weighted by molar-refractivity contribution is 7.98. The normalized spacial score (nSPS) is 11.7. The Morgan fingerprint density at radius 2 is 1.73 bits per heavy atom. The molecule has 40 heavy (non-hydrogen) atoms. The first kappa shape index (κ1) is 31.4. The third kappa shape index (κ3) is 8.45. The Hall–Kier alpha value is -3.09. The maximum Gasteiger partial charge on any atom is 0.416 e. The number of carbonyl (C=O) groups excluding carboxylic acids is 1. The number of carbonyl (C=O) groups is 1. The summed E-state index contributed by atoms with van der Waals surface area (Å²) in [5, 5.41) is 3.31. The van der Waals surface area contributed by atoms with Gasteiger partial charge in [-0.25, -0.2) is 8.42 Å². The molecule has 0 fully saturated rings. The number of halogens is 4. The summed E-state index contributed by atoms with van der Waals surface area (Å²) in [6.45, 7) is -0.470. The van der Waals surface area contributed by atoms with Crippen LogP contribution in [-0.2, 0) is 26.7 Å². The lowest BCUT2D eigenvalue weighted by atomic mass is 10.2. The van der Waals surface area contributed by atoms with Crippen LogP contribution in [0.3, 0.4) is 0 Å². The van der Waals surface area contributed by atoms with E-state index in [1.807, 2.05) is 18.2 Å². The van der Waals surface area contributed by atoms with E-state index in [0.717, 1.165) is 23.4 Å². The number of hydrogen-bond acceptors (Lipinski definition) is 6. The molecule has 0 aromatic heterocycles. The van der Waals surface area contributed by atoms with Crippen LogP contribution < -0.4 is 19.1 Å². The van der Waals surface area contributed by atoms with Gasteiger partial charge in [-0.2, -0.15) is 24.9 Å². The number of nitrogens with one attached hydrogen (secondary N) is 1. The molecule has 1 N–H and O–H groups in total. The molecular formula is C27H28ClF3N2O5S2. The van der Waals surface area contributed by atoms with Crippen molar-refractivity contribution in [1.29, 1.82) is 0 Å². The number of benzene rings is 3. The zero-order valence-corrected chi connectivity index (χ0v) is 24.1. The van der Waals surface area contributed by atoms with Crippen LogP contribution in [0.5, 0.6) is 11.5 Å². The number of amides is 1. The molecule has 1 amide bonds. The quantitative estimate of drug-likeness (QED) is 0.237. The molecule has 3 aromatic rings. The summed E-state index contributed by atoms with van der Waals surface area (Å²) in [5.74, 6) is 1.15. The average Bonchev–Trinajstić information content (AvgIpc) is 2.92. The maximum absolute atomic E-state index is 13.6. The molecule has 0 aliphatic carbocycles. The van der Waals surface area contributed by atoms with Crippen molar-refractivity contribution in [3.8, 4) is 11.5 Å². The molecule has 0 saturated heterocycles. The lowest BCUT2D eigenvalue weighted by molar-refractivity contribution is -0.137. The molecule has 0 aliphatic heterocycles. The number of sulfonamides is 1. The van der Waals surface area contributed by atoms with Crippen molar-refractivity contribution in [2.45, 2.75) is 23.2 Å². The summed E-state index contributed by atoms with van der Waals surface area (Å²) in [6, 6.07) is 15.1. The second-order valence-corrected chi connectivity index (χ2v) is 11.9. The van der Waals surface area contributed by atoms with Crippen LogP contribution in [0.25, 0.3) is 0 Å². The van der Waals surface area contributed by atoms with Crippen molar-refractivity contribution in [1.82, 2.24) is 5.32 Å². The van der Waals surface area contributed by atoms with E-state index in [1.165, 1.54) is 38.5 Å². The van der Waals surface area contributed by atoms with Gasteiger partial charge in [0.1, 0.15) is 6.54 Å². The Kier molecular flexibility index (Phi) is 11.0. The number of rotatable bonds is 13. The Morgan fingerprint density at radius 1 is 1.00 bits per heavy atom. The maximum atomic E-state index is 13.6. The topological polar surface area (TPSA) is 84.9 Å². The number of thioether (sulfide) groups is 1. The van der Waals surface area contributed by atoms with E-state index in [-0.39, 0.29) is 28.6 Å². The molecule has 0 radical (unpaired) electrons. The number of hydrogen-bond donors (Lipinski definition) is 1. The van der Waals surface area contributed by atoms with E-state index >= 15 is 0 Å². The Bertz CT molecular complexity index is 1420. The third-order valence-corrected chi connectivity index (χ3v) is 8.76. The molecule has 0 bridgehead atoms. The number of anilines is 1. The molecule has 0 aliphatic rings. The van der Waals surface area contributed by atoms with Crippen LogP contribution >= 0.6 is 23.4 Å². The Labute approximate surface area is 240 Å². The zero-order chi connectivity index (χ0) is 29.3. The van der Waals surface area contributed by atoms with Gasteiger partial charge in [-0.1, -0.05) is 29.8 Å². The summed E-state index contributed by atoms with van der Waals surface area (Å²) in [7, 11) is -1.79. The summed E-state index contributed by atoms with van der Waals surface area (Å²) in [6.07, 6.45) is -4.11. The van der Waals surface area contributed by atoms with Gasteiger partial charge in [0.2, 0.25) is 5.91 Å². The molecule has 3 aromatic carbocycles. The van der Waals surface area contributed by atoms with Crippen molar-refractivity contribution in [3.63, 3.8) is 0 Å². The highest BCUT2D eigenvalue weighted by Gasteiger charge is 2.33. The summed E-state index contributed by atoms with van der Waals surface area (Å²) >= 11 is 7.63. The molecule has 0 atom stereocenters. The van der Waals surface area contributed by atoms with Crippen LogP contribution in [-0.4, -0.2) is 47.4 Å². The molecular weight excluding hydrogens is 589 g/mol. The number of nitrogens with zero attached hydrogens (tertiary/aromatic N) is 1. The van der Waals surface area contributed by atoms with Gasteiger partial charge in [0, 0.05) is 23.4 Å². The first-order chi connectivity index (χ1) is 19.0. The van der Waals surface area contributed by atoms with Crippen molar-refractivity contribution in [2.24, 2.45) is 0 Å². The minimum Gasteiger partial charge on any atom is -0.493 e. The van der Waals surface area contributed by atoms with E-state index in [9.17, 15) is 26.4 Å². The predicted octanol–water partition coefficient (Wildman–Crippen LogP) is 6.01. The van der Waals surface area contributed by atoms with E-state index in [0.29, 0.717) is 27.6 Å². The smallest absolute Gasteiger partial charge is 0.416 e. The molecule has 0 heterocycles. The van der Waals surface area contributed by atoms with E-state index in [2.05, 4.69) is 5.32 Å². The zero-order valence-electron chi connectivity index (χ0n) is 21.7. The second-order valence-electron chi connectivity index (χ2n) is 8.46. The lowest BCUT2D eigenvalue weighted by Gasteiger charge is -2.25. The van der Waals surface area contributed by atoms with Crippen molar-refractivity contribution >= 4 is 45.0 Å². The second kappa shape index (κ2) is 14.0. The summed E-state index contributed by atoms with van der Waals surface area (Å²) in [5.41, 5.74) is -0.287. The van der Waals surface area contributed by atoms with Crippen LogP contribution in [0.1, 0.15) is 17.5 Å². The van der Waals surface area contributed by atoms with Crippen molar-refractivity contribution in [3.05, 3.63) is 82.9 Å². The number of alkyl halides is 3. The van der Waals surface area contributed by atoms with Gasteiger partial charge in [0.25, 0.3) is 10.0 Å². The summed E-state index contributed by atoms with van der Waals surface area (Å²) in [4.78, 5) is 12.5. The third-order valence-electron chi connectivity index (χ3n) is 5.64. The van der Waals surface area contributed by atoms with E-state index < -0.39 is 34.2 Å². The molecule has 0 saturated carbocycles. The Balaban J connectivity index is 1.74. The van der Waals surface area contributed by atoms with E-state index in [4.69, 9.17) is 21.1 Å². The van der Waals surface area contributed by atoms with Gasteiger partial charge in [-0.15, -0.1) is 0 Å². The molecule has 0 spiro atoms. The van der Waals surface area contributed by atoms with Gasteiger partial charge < -0.3 is 14.8 Å². The average molecular weight is 617 g/mol. The van der Waals surface area contributed by atoms with Crippen LogP contribution in [0.2, 0.25) is 5.02 Å². The highest BCUT2D eigenvalue weighted by atomic mass is 35.5. The molecule has 3 rings (SSSR count). The molecule has 0 unspecified atom stereocenters. The minimum atomic E-state index is -4.71. The van der Waals surface area contributed by atoms with Crippen molar-refractivity contribution in [2.75, 3.05) is 37.4 Å². The van der Waals surface area contributed by atoms with Gasteiger partial charge in [-0.3, -0.25) is 9.10 Å². The standard InChI is InChI=1S/C27H28ClF3N2O5S2/c1-37-24-11-10-23(16-25(24)38-2)40(35,36)33(22-9-4-7-20(15-22)27(29,30)31)17-26(34)32-12-5-13-39-18-19-6-3-8-21(28)14-19/h3-4,6-11,14-16H,5,12-13,17-18H2,1-2H3,(H,32,34).